The lowest BCUT2D eigenvalue weighted by Crippen LogP contribution is -2.40. The van der Waals surface area contributed by atoms with Gasteiger partial charge in [0.1, 0.15) is 5.76 Å². The Morgan fingerprint density at radius 3 is 2.77 bits per heavy atom. The predicted molar refractivity (Wildman–Crippen MR) is 93.9 cm³/mol. The van der Waals surface area contributed by atoms with E-state index in [9.17, 15) is 4.79 Å². The predicted octanol–water partition coefficient (Wildman–Crippen LogP) is 1.05. The smallest absolute Gasteiger partial charge is 0.227 e. The number of carbonyl (C=O) groups is 1. The SMILES string of the molecule is Cc1noc(C)c1CC(=O)N1CCc2cnc(N3CCOCC3)nc2C1. The molecule has 2 aromatic rings. The third kappa shape index (κ3) is 3.29. The summed E-state index contributed by atoms with van der Waals surface area (Å²) in [5.74, 6) is 1.52. The summed E-state index contributed by atoms with van der Waals surface area (Å²) in [6.45, 7) is 7.92. The molecular weight excluding hydrogens is 334 g/mol. The van der Waals surface area contributed by atoms with E-state index in [0.717, 1.165) is 48.0 Å². The summed E-state index contributed by atoms with van der Waals surface area (Å²) < 4.78 is 10.6. The summed E-state index contributed by atoms with van der Waals surface area (Å²) in [4.78, 5) is 26.0. The largest absolute Gasteiger partial charge is 0.378 e. The van der Waals surface area contributed by atoms with Gasteiger partial charge in [-0.2, -0.15) is 0 Å². The Hall–Kier alpha value is -2.48. The van der Waals surface area contributed by atoms with Gasteiger partial charge in [0.15, 0.2) is 0 Å². The van der Waals surface area contributed by atoms with Gasteiger partial charge in [0.05, 0.1) is 37.6 Å². The number of hydrogen-bond donors (Lipinski definition) is 0. The van der Waals surface area contributed by atoms with Gasteiger partial charge in [0.25, 0.3) is 0 Å². The van der Waals surface area contributed by atoms with E-state index in [-0.39, 0.29) is 5.91 Å². The maximum atomic E-state index is 12.8. The maximum absolute atomic E-state index is 12.8. The van der Waals surface area contributed by atoms with Crippen molar-refractivity contribution in [1.29, 1.82) is 0 Å². The van der Waals surface area contributed by atoms with E-state index in [1.54, 1.807) is 0 Å². The molecule has 0 saturated carbocycles. The molecule has 0 spiro atoms. The number of amides is 1. The van der Waals surface area contributed by atoms with Crippen molar-refractivity contribution in [2.24, 2.45) is 0 Å². The first kappa shape index (κ1) is 17.0. The van der Waals surface area contributed by atoms with Crippen LogP contribution in [0.5, 0.6) is 0 Å². The number of aromatic nitrogens is 3. The van der Waals surface area contributed by atoms with Crippen molar-refractivity contribution in [3.8, 4) is 0 Å². The highest BCUT2D eigenvalue weighted by atomic mass is 16.5. The number of anilines is 1. The van der Waals surface area contributed by atoms with Crippen LogP contribution in [-0.2, 0) is 28.9 Å². The fraction of sp³-hybridized carbons (Fsp3) is 0.556. The molecule has 2 aliphatic heterocycles. The van der Waals surface area contributed by atoms with E-state index >= 15 is 0 Å². The lowest BCUT2D eigenvalue weighted by atomic mass is 10.0. The van der Waals surface area contributed by atoms with Crippen molar-refractivity contribution in [1.82, 2.24) is 20.0 Å². The molecule has 2 aliphatic rings. The molecule has 4 rings (SSSR count). The van der Waals surface area contributed by atoms with E-state index in [4.69, 9.17) is 14.2 Å². The standard InChI is InChI=1S/C18H23N5O3/c1-12-15(13(2)26-21-12)9-17(24)23-4-3-14-10-19-18(20-16(14)11-23)22-5-7-25-8-6-22/h10H,3-9,11H2,1-2H3. The van der Waals surface area contributed by atoms with Crippen LogP contribution in [0.15, 0.2) is 10.7 Å². The van der Waals surface area contributed by atoms with Gasteiger partial charge in [-0.15, -0.1) is 0 Å². The molecule has 26 heavy (non-hydrogen) atoms. The lowest BCUT2D eigenvalue weighted by Gasteiger charge is -2.30. The van der Waals surface area contributed by atoms with Gasteiger partial charge in [-0.1, -0.05) is 5.16 Å². The molecule has 2 aromatic heterocycles. The third-order valence-electron chi connectivity index (χ3n) is 5.09. The molecule has 1 amide bonds. The Morgan fingerprint density at radius 2 is 2.04 bits per heavy atom. The molecule has 0 N–H and O–H groups in total. The minimum atomic E-state index is 0.0802. The van der Waals surface area contributed by atoms with Crippen LogP contribution in [0.1, 0.15) is 28.3 Å². The molecule has 0 aliphatic carbocycles. The van der Waals surface area contributed by atoms with Gasteiger partial charge in [-0.25, -0.2) is 9.97 Å². The van der Waals surface area contributed by atoms with Crippen LogP contribution < -0.4 is 4.90 Å². The Labute approximate surface area is 152 Å². The molecule has 138 valence electrons. The average molecular weight is 357 g/mol. The fourth-order valence-electron chi connectivity index (χ4n) is 3.44. The van der Waals surface area contributed by atoms with Crippen LogP contribution in [0.3, 0.4) is 0 Å². The zero-order valence-electron chi connectivity index (χ0n) is 15.2. The van der Waals surface area contributed by atoms with Gasteiger partial charge in [-0.3, -0.25) is 4.79 Å². The number of carbonyl (C=O) groups excluding carboxylic acids is 1. The molecule has 0 radical (unpaired) electrons. The monoisotopic (exact) mass is 357 g/mol. The summed E-state index contributed by atoms with van der Waals surface area (Å²) in [5, 5.41) is 3.93. The van der Waals surface area contributed by atoms with Gasteiger partial charge < -0.3 is 19.1 Å². The molecule has 0 unspecified atom stereocenters. The number of hydrogen-bond acceptors (Lipinski definition) is 7. The first-order valence-electron chi connectivity index (χ1n) is 8.99. The van der Waals surface area contributed by atoms with Gasteiger partial charge in [0, 0.05) is 31.4 Å². The molecule has 1 saturated heterocycles. The van der Waals surface area contributed by atoms with E-state index in [1.165, 1.54) is 0 Å². The third-order valence-corrected chi connectivity index (χ3v) is 5.09. The molecule has 0 aromatic carbocycles. The molecular formula is C18H23N5O3. The quantitative estimate of drug-likeness (QED) is 0.811. The second-order valence-electron chi connectivity index (χ2n) is 6.79. The summed E-state index contributed by atoms with van der Waals surface area (Å²) in [6, 6.07) is 0. The van der Waals surface area contributed by atoms with Crippen molar-refractivity contribution in [2.45, 2.75) is 33.2 Å². The molecule has 8 nitrogen and oxygen atoms in total. The van der Waals surface area contributed by atoms with Crippen molar-refractivity contribution in [3.05, 3.63) is 34.5 Å². The maximum Gasteiger partial charge on any atom is 0.227 e. The van der Waals surface area contributed by atoms with Gasteiger partial charge in [0.2, 0.25) is 11.9 Å². The van der Waals surface area contributed by atoms with Crippen LogP contribution in [-0.4, -0.2) is 58.8 Å². The minimum absolute atomic E-state index is 0.0802. The molecule has 0 bridgehead atoms. The summed E-state index contributed by atoms with van der Waals surface area (Å²) in [6.07, 6.45) is 3.01. The van der Waals surface area contributed by atoms with E-state index < -0.39 is 0 Å². The lowest BCUT2D eigenvalue weighted by molar-refractivity contribution is -0.131. The number of rotatable bonds is 3. The molecule has 4 heterocycles. The zero-order chi connectivity index (χ0) is 18.1. The first-order chi connectivity index (χ1) is 12.6. The summed E-state index contributed by atoms with van der Waals surface area (Å²) in [5.41, 5.74) is 3.74. The first-order valence-corrected chi connectivity index (χ1v) is 8.99. The number of fused-ring (bicyclic) bond motifs is 1. The van der Waals surface area contributed by atoms with Crippen LogP contribution in [0.4, 0.5) is 5.95 Å². The Balaban J connectivity index is 1.48. The Kier molecular flexibility index (Phi) is 4.58. The highest BCUT2D eigenvalue weighted by molar-refractivity contribution is 5.79. The second-order valence-corrected chi connectivity index (χ2v) is 6.79. The van der Waals surface area contributed by atoms with Gasteiger partial charge in [-0.05, 0) is 25.8 Å². The van der Waals surface area contributed by atoms with E-state index in [1.807, 2.05) is 24.9 Å². The van der Waals surface area contributed by atoms with Crippen molar-refractivity contribution >= 4 is 11.9 Å². The van der Waals surface area contributed by atoms with Crippen molar-refractivity contribution < 1.29 is 14.1 Å². The number of morpholine rings is 1. The van der Waals surface area contributed by atoms with Crippen LogP contribution in [0.2, 0.25) is 0 Å². The Morgan fingerprint density at radius 1 is 1.23 bits per heavy atom. The topological polar surface area (TPSA) is 84.6 Å². The molecule has 1 fully saturated rings. The average Bonchev–Trinajstić information content (AvgIpc) is 2.99. The van der Waals surface area contributed by atoms with Crippen LogP contribution >= 0.6 is 0 Å². The summed E-state index contributed by atoms with van der Waals surface area (Å²) in [7, 11) is 0. The number of aryl methyl sites for hydroxylation is 2. The van der Waals surface area contributed by atoms with Crippen molar-refractivity contribution in [2.75, 3.05) is 37.7 Å². The summed E-state index contributed by atoms with van der Waals surface area (Å²) >= 11 is 0. The van der Waals surface area contributed by atoms with Crippen molar-refractivity contribution in [3.63, 3.8) is 0 Å². The fourth-order valence-corrected chi connectivity index (χ4v) is 3.44. The number of nitrogens with zero attached hydrogens (tertiary/aromatic N) is 5. The second kappa shape index (κ2) is 7.03. The highest BCUT2D eigenvalue weighted by Crippen LogP contribution is 2.21. The zero-order valence-corrected chi connectivity index (χ0v) is 15.2. The van der Waals surface area contributed by atoms with Crippen LogP contribution in [0.25, 0.3) is 0 Å². The minimum Gasteiger partial charge on any atom is -0.378 e. The number of ether oxygens (including phenoxy) is 1. The van der Waals surface area contributed by atoms with E-state index in [2.05, 4.69) is 15.0 Å². The van der Waals surface area contributed by atoms with Crippen LogP contribution in [0, 0.1) is 13.8 Å². The molecule has 8 heteroatoms. The highest BCUT2D eigenvalue weighted by Gasteiger charge is 2.25. The Bertz CT molecular complexity index is 794. The van der Waals surface area contributed by atoms with Gasteiger partial charge >= 0.3 is 0 Å². The molecule has 0 atom stereocenters. The van der Waals surface area contributed by atoms with E-state index in [0.29, 0.717) is 38.5 Å². The normalized spacial score (nSPS) is 17.3.